The number of halogens is 3. The van der Waals surface area contributed by atoms with Gasteiger partial charge in [0.15, 0.2) is 5.01 Å². The molecule has 0 spiro atoms. The molecule has 0 bridgehead atoms. The van der Waals surface area contributed by atoms with Gasteiger partial charge in [0.1, 0.15) is 0 Å². The van der Waals surface area contributed by atoms with Gasteiger partial charge in [-0.1, -0.05) is 13.0 Å². The molecule has 1 aromatic heterocycles. The van der Waals surface area contributed by atoms with Crippen LogP contribution >= 0.6 is 11.3 Å². The highest BCUT2D eigenvalue weighted by Crippen LogP contribution is 2.35. The van der Waals surface area contributed by atoms with Crippen molar-refractivity contribution in [3.8, 4) is 0 Å². The summed E-state index contributed by atoms with van der Waals surface area (Å²) in [5.41, 5.74) is 2.27. The van der Waals surface area contributed by atoms with E-state index in [1.54, 1.807) is 12.1 Å². The third kappa shape index (κ3) is 2.57. The topological polar surface area (TPSA) is 25.2 Å². The highest BCUT2D eigenvalue weighted by Gasteiger charge is 2.34. The average molecular weight is 298 g/mol. The van der Waals surface area contributed by atoms with Crippen molar-refractivity contribution in [2.75, 3.05) is 6.54 Å². The fourth-order valence-corrected chi connectivity index (χ4v) is 3.10. The Kier molecular flexibility index (Phi) is 3.28. The Bertz CT molecular complexity index is 673. The maximum Gasteiger partial charge on any atom is 0.443 e. The zero-order valence-electron chi connectivity index (χ0n) is 10.9. The van der Waals surface area contributed by atoms with Crippen LogP contribution in [0.2, 0.25) is 0 Å². The van der Waals surface area contributed by atoms with Crippen LogP contribution in [0.4, 0.5) is 13.2 Å². The van der Waals surface area contributed by atoms with Crippen molar-refractivity contribution in [2.45, 2.75) is 25.9 Å². The largest absolute Gasteiger partial charge is 0.443 e. The third-order valence-electron chi connectivity index (χ3n) is 3.43. The predicted molar refractivity (Wildman–Crippen MR) is 74.4 cm³/mol. The van der Waals surface area contributed by atoms with Crippen molar-refractivity contribution >= 4 is 27.3 Å². The maximum absolute atomic E-state index is 12.6. The summed E-state index contributed by atoms with van der Waals surface area (Å²) < 4.78 is 38.5. The van der Waals surface area contributed by atoms with E-state index >= 15 is 0 Å². The van der Waals surface area contributed by atoms with Crippen LogP contribution in [-0.4, -0.2) is 17.2 Å². The van der Waals surface area contributed by atoms with E-state index in [1.165, 1.54) is 0 Å². The zero-order valence-corrected chi connectivity index (χ0v) is 11.7. The molecule has 2 aromatic rings. The Balaban J connectivity index is 1.99. The third-order valence-corrected chi connectivity index (χ3v) is 4.51. The molecule has 0 N–H and O–H groups in total. The molecule has 1 aliphatic rings. The fraction of sp³-hybridized carbons (Fsp3) is 0.429. The first-order valence-electron chi connectivity index (χ1n) is 6.45. The van der Waals surface area contributed by atoms with E-state index in [1.807, 2.05) is 6.07 Å². The van der Waals surface area contributed by atoms with Crippen molar-refractivity contribution < 1.29 is 13.2 Å². The number of rotatable bonds is 1. The highest BCUT2D eigenvalue weighted by atomic mass is 32.1. The molecule has 0 aliphatic carbocycles. The molecule has 1 atom stereocenters. The van der Waals surface area contributed by atoms with Gasteiger partial charge in [0.2, 0.25) is 0 Å². The van der Waals surface area contributed by atoms with Crippen LogP contribution in [0.25, 0.3) is 10.2 Å². The van der Waals surface area contributed by atoms with Crippen molar-refractivity contribution in [3.63, 3.8) is 0 Å². The summed E-state index contributed by atoms with van der Waals surface area (Å²) >= 11 is 0.684. The Morgan fingerprint density at radius 1 is 1.30 bits per heavy atom. The van der Waals surface area contributed by atoms with E-state index in [9.17, 15) is 13.2 Å². The maximum atomic E-state index is 12.6. The number of nitrogens with zero attached hydrogens (tertiary/aromatic N) is 2. The predicted octanol–water partition coefficient (Wildman–Crippen LogP) is 4.53. The quantitative estimate of drug-likeness (QED) is 0.759. The SMILES string of the molecule is CC1CCC(c2ccc3sc(C(F)(F)F)nc3c2)=NC1. The van der Waals surface area contributed by atoms with E-state index in [0.29, 0.717) is 27.5 Å². The second-order valence-electron chi connectivity index (χ2n) is 5.13. The first kappa shape index (κ1) is 13.5. The van der Waals surface area contributed by atoms with Crippen molar-refractivity contribution in [1.82, 2.24) is 4.98 Å². The summed E-state index contributed by atoms with van der Waals surface area (Å²) in [6.07, 6.45) is -2.42. The van der Waals surface area contributed by atoms with Gasteiger partial charge < -0.3 is 0 Å². The molecule has 3 rings (SSSR count). The van der Waals surface area contributed by atoms with Gasteiger partial charge in [-0.15, -0.1) is 11.3 Å². The van der Waals surface area contributed by atoms with Crippen LogP contribution in [0.3, 0.4) is 0 Å². The number of thiazole rings is 1. The molecule has 0 radical (unpaired) electrons. The molecule has 0 saturated heterocycles. The summed E-state index contributed by atoms with van der Waals surface area (Å²) in [4.78, 5) is 8.21. The summed E-state index contributed by atoms with van der Waals surface area (Å²) in [6, 6.07) is 5.27. The van der Waals surface area contributed by atoms with Gasteiger partial charge in [-0.25, -0.2) is 4.98 Å². The number of hydrogen-bond acceptors (Lipinski definition) is 3. The molecule has 0 amide bonds. The monoisotopic (exact) mass is 298 g/mol. The van der Waals surface area contributed by atoms with Gasteiger partial charge in [-0.05, 0) is 36.5 Å². The molecule has 2 heterocycles. The van der Waals surface area contributed by atoms with Crippen molar-refractivity contribution in [3.05, 3.63) is 28.8 Å². The Morgan fingerprint density at radius 2 is 2.10 bits per heavy atom. The lowest BCUT2D eigenvalue weighted by molar-refractivity contribution is -0.137. The molecule has 1 aromatic carbocycles. The van der Waals surface area contributed by atoms with E-state index in [2.05, 4.69) is 16.9 Å². The van der Waals surface area contributed by atoms with Crippen molar-refractivity contribution in [1.29, 1.82) is 0 Å². The molecule has 0 fully saturated rings. The Hall–Kier alpha value is -1.43. The number of benzene rings is 1. The number of fused-ring (bicyclic) bond motifs is 1. The molecular weight excluding hydrogens is 285 g/mol. The fourth-order valence-electron chi connectivity index (χ4n) is 2.28. The van der Waals surface area contributed by atoms with Crippen LogP contribution < -0.4 is 0 Å². The molecular formula is C14H13F3N2S. The molecule has 20 heavy (non-hydrogen) atoms. The van der Waals surface area contributed by atoms with Gasteiger partial charge in [-0.3, -0.25) is 4.99 Å². The minimum atomic E-state index is -4.37. The van der Waals surface area contributed by atoms with E-state index in [0.717, 1.165) is 30.7 Å². The number of hydrogen-bond donors (Lipinski definition) is 0. The first-order valence-corrected chi connectivity index (χ1v) is 7.26. The van der Waals surface area contributed by atoms with Crippen LogP contribution in [0, 0.1) is 5.92 Å². The summed E-state index contributed by atoms with van der Waals surface area (Å²) in [6.45, 7) is 2.94. The second kappa shape index (κ2) is 4.84. The summed E-state index contributed by atoms with van der Waals surface area (Å²) in [5, 5.41) is -0.788. The number of aromatic nitrogens is 1. The Labute approximate surface area is 118 Å². The number of alkyl halides is 3. The van der Waals surface area contributed by atoms with Crippen molar-refractivity contribution in [2.24, 2.45) is 10.9 Å². The Morgan fingerprint density at radius 3 is 2.75 bits per heavy atom. The average Bonchev–Trinajstić information content (AvgIpc) is 2.82. The van der Waals surface area contributed by atoms with Gasteiger partial charge in [0, 0.05) is 12.3 Å². The molecule has 2 nitrogen and oxygen atoms in total. The van der Waals surface area contributed by atoms with Crippen LogP contribution in [0.5, 0.6) is 0 Å². The van der Waals surface area contributed by atoms with E-state index in [-0.39, 0.29) is 0 Å². The van der Waals surface area contributed by atoms with Crippen LogP contribution in [0.1, 0.15) is 30.3 Å². The lowest BCUT2D eigenvalue weighted by Gasteiger charge is -2.17. The van der Waals surface area contributed by atoms with Gasteiger partial charge in [-0.2, -0.15) is 13.2 Å². The number of aliphatic imine (C=N–C) groups is 1. The second-order valence-corrected chi connectivity index (χ2v) is 6.16. The van der Waals surface area contributed by atoms with Gasteiger partial charge >= 0.3 is 6.18 Å². The van der Waals surface area contributed by atoms with Crippen LogP contribution in [0.15, 0.2) is 23.2 Å². The minimum Gasteiger partial charge on any atom is -0.289 e. The van der Waals surface area contributed by atoms with E-state index < -0.39 is 11.2 Å². The normalized spacial score (nSPS) is 20.2. The molecule has 1 unspecified atom stereocenters. The molecule has 106 valence electrons. The van der Waals surface area contributed by atoms with Gasteiger partial charge in [0.05, 0.1) is 10.2 Å². The molecule has 0 saturated carbocycles. The lowest BCUT2D eigenvalue weighted by atomic mass is 9.96. The smallest absolute Gasteiger partial charge is 0.289 e. The lowest BCUT2D eigenvalue weighted by Crippen LogP contribution is -2.14. The van der Waals surface area contributed by atoms with Crippen LogP contribution in [-0.2, 0) is 6.18 Å². The summed E-state index contributed by atoms with van der Waals surface area (Å²) in [5.74, 6) is 0.582. The van der Waals surface area contributed by atoms with Gasteiger partial charge in [0.25, 0.3) is 0 Å². The standard InChI is InChI=1S/C14H13F3N2S/c1-8-2-4-10(18-7-8)9-3-5-12-11(6-9)19-13(20-12)14(15,16)17/h3,5-6,8H,2,4,7H2,1H3. The molecule has 1 aliphatic heterocycles. The minimum absolute atomic E-state index is 0.404. The first-order chi connectivity index (χ1) is 9.43. The highest BCUT2D eigenvalue weighted by molar-refractivity contribution is 7.18. The zero-order chi connectivity index (χ0) is 14.3. The molecule has 6 heteroatoms. The summed E-state index contributed by atoms with van der Waals surface area (Å²) in [7, 11) is 0. The van der Waals surface area contributed by atoms with E-state index in [4.69, 9.17) is 0 Å².